The molecule has 0 aliphatic carbocycles. The second-order valence-electron chi connectivity index (χ2n) is 4.71. The first-order valence-electron chi connectivity index (χ1n) is 5.79. The molecule has 1 aliphatic rings. The topological polar surface area (TPSA) is 42.7 Å². The Bertz CT molecular complexity index is 320. The molecule has 4 nitrogen and oxygen atoms in total. The fraction of sp³-hybridized carbons (Fsp3) is 0.818. The molecule has 1 aromatic heterocycles. The summed E-state index contributed by atoms with van der Waals surface area (Å²) >= 11 is 0. The number of aryl methyl sites for hydroxylation is 1. The van der Waals surface area contributed by atoms with Crippen LogP contribution in [0.2, 0.25) is 0 Å². The van der Waals surface area contributed by atoms with Crippen LogP contribution in [0.15, 0.2) is 6.33 Å². The van der Waals surface area contributed by atoms with Crippen molar-refractivity contribution in [2.24, 2.45) is 0 Å². The summed E-state index contributed by atoms with van der Waals surface area (Å²) in [6.07, 6.45) is 5.60. The summed E-state index contributed by atoms with van der Waals surface area (Å²) < 4.78 is 2.16. The summed E-state index contributed by atoms with van der Waals surface area (Å²) in [5, 5.41) is 11.6. The number of nitrogens with one attached hydrogen (secondary N) is 1. The quantitative estimate of drug-likeness (QED) is 0.821. The van der Waals surface area contributed by atoms with E-state index >= 15 is 0 Å². The smallest absolute Gasteiger partial charge is 0.129 e. The molecule has 3 unspecified atom stereocenters. The molecule has 0 spiro atoms. The minimum Gasteiger partial charge on any atom is -0.315 e. The highest BCUT2D eigenvalue weighted by molar-refractivity contribution is 4.88. The summed E-state index contributed by atoms with van der Waals surface area (Å²) in [7, 11) is 0. The second kappa shape index (κ2) is 4.31. The van der Waals surface area contributed by atoms with E-state index in [2.05, 4.69) is 33.9 Å². The van der Waals surface area contributed by atoms with Crippen LogP contribution in [0.3, 0.4) is 0 Å². The van der Waals surface area contributed by atoms with E-state index in [0.717, 1.165) is 5.82 Å². The van der Waals surface area contributed by atoms with Crippen molar-refractivity contribution >= 4 is 0 Å². The Morgan fingerprint density at radius 1 is 1.60 bits per heavy atom. The second-order valence-corrected chi connectivity index (χ2v) is 4.71. The number of hydrogen-bond acceptors (Lipinski definition) is 3. The highest BCUT2D eigenvalue weighted by atomic mass is 15.3. The molecule has 2 rings (SSSR count). The van der Waals surface area contributed by atoms with Crippen LogP contribution < -0.4 is 5.32 Å². The standard InChI is InChI=1S/C11H20N4/c1-8-4-5-11(13-8)6-9(2)15-7-12-14-10(15)3/h7-9,11,13H,4-6H2,1-3H3. The van der Waals surface area contributed by atoms with E-state index < -0.39 is 0 Å². The summed E-state index contributed by atoms with van der Waals surface area (Å²) in [4.78, 5) is 0. The Morgan fingerprint density at radius 3 is 2.93 bits per heavy atom. The van der Waals surface area contributed by atoms with Crippen LogP contribution in [0.25, 0.3) is 0 Å². The number of nitrogens with zero attached hydrogens (tertiary/aromatic N) is 3. The first kappa shape index (κ1) is 10.6. The highest BCUT2D eigenvalue weighted by Gasteiger charge is 2.22. The van der Waals surface area contributed by atoms with Crippen molar-refractivity contribution in [1.29, 1.82) is 0 Å². The Hall–Kier alpha value is -0.900. The van der Waals surface area contributed by atoms with E-state index in [0.29, 0.717) is 18.1 Å². The van der Waals surface area contributed by atoms with E-state index in [-0.39, 0.29) is 0 Å². The van der Waals surface area contributed by atoms with Gasteiger partial charge in [-0.05, 0) is 40.0 Å². The van der Waals surface area contributed by atoms with Crippen molar-refractivity contribution in [3.63, 3.8) is 0 Å². The van der Waals surface area contributed by atoms with Gasteiger partial charge in [-0.25, -0.2) is 0 Å². The van der Waals surface area contributed by atoms with Gasteiger partial charge in [0.2, 0.25) is 0 Å². The van der Waals surface area contributed by atoms with Gasteiger partial charge in [-0.3, -0.25) is 0 Å². The van der Waals surface area contributed by atoms with Gasteiger partial charge in [-0.15, -0.1) is 10.2 Å². The fourth-order valence-electron chi connectivity index (χ4n) is 2.46. The molecule has 3 atom stereocenters. The van der Waals surface area contributed by atoms with Gasteiger partial charge < -0.3 is 9.88 Å². The Morgan fingerprint density at radius 2 is 2.40 bits per heavy atom. The van der Waals surface area contributed by atoms with E-state index in [4.69, 9.17) is 0 Å². The van der Waals surface area contributed by atoms with Gasteiger partial charge in [0, 0.05) is 18.1 Å². The largest absolute Gasteiger partial charge is 0.315 e. The van der Waals surface area contributed by atoms with Crippen LogP contribution in [0.5, 0.6) is 0 Å². The first-order chi connectivity index (χ1) is 7.16. The maximum atomic E-state index is 4.02. The van der Waals surface area contributed by atoms with E-state index in [9.17, 15) is 0 Å². The predicted molar refractivity (Wildman–Crippen MR) is 59.7 cm³/mol. The summed E-state index contributed by atoms with van der Waals surface area (Å²) in [5.41, 5.74) is 0. The number of aromatic nitrogens is 3. The van der Waals surface area contributed by atoms with Gasteiger partial charge in [0.15, 0.2) is 0 Å². The molecule has 0 aromatic carbocycles. The summed E-state index contributed by atoms with van der Waals surface area (Å²) in [6.45, 7) is 6.50. The molecule has 1 saturated heterocycles. The third-order valence-corrected chi connectivity index (χ3v) is 3.32. The summed E-state index contributed by atoms with van der Waals surface area (Å²) in [5.74, 6) is 1.01. The lowest BCUT2D eigenvalue weighted by Crippen LogP contribution is -2.29. The van der Waals surface area contributed by atoms with Gasteiger partial charge in [-0.2, -0.15) is 0 Å². The molecule has 4 heteroatoms. The zero-order valence-electron chi connectivity index (χ0n) is 9.77. The minimum atomic E-state index is 0.489. The van der Waals surface area contributed by atoms with Gasteiger partial charge in [0.25, 0.3) is 0 Å². The molecule has 15 heavy (non-hydrogen) atoms. The first-order valence-corrected chi connectivity index (χ1v) is 5.79. The fourth-order valence-corrected chi connectivity index (χ4v) is 2.46. The molecule has 0 radical (unpaired) electrons. The lowest BCUT2D eigenvalue weighted by molar-refractivity contribution is 0.412. The van der Waals surface area contributed by atoms with Crippen molar-refractivity contribution in [2.75, 3.05) is 0 Å². The zero-order valence-corrected chi connectivity index (χ0v) is 9.77. The van der Waals surface area contributed by atoms with Gasteiger partial charge in [0.1, 0.15) is 12.2 Å². The highest BCUT2D eigenvalue weighted by Crippen LogP contribution is 2.21. The molecule has 0 saturated carbocycles. The van der Waals surface area contributed by atoms with Crippen LogP contribution in [0, 0.1) is 6.92 Å². The van der Waals surface area contributed by atoms with Crippen LogP contribution in [0.1, 0.15) is 45.0 Å². The maximum absolute atomic E-state index is 4.02. The molecule has 0 amide bonds. The van der Waals surface area contributed by atoms with Crippen molar-refractivity contribution in [3.05, 3.63) is 12.2 Å². The predicted octanol–water partition coefficient (Wildman–Crippen LogP) is 1.68. The van der Waals surface area contributed by atoms with Gasteiger partial charge in [0.05, 0.1) is 0 Å². The molecule has 1 N–H and O–H groups in total. The Kier molecular flexibility index (Phi) is 3.05. The Balaban J connectivity index is 1.92. The third kappa shape index (κ3) is 2.37. The molecule has 2 heterocycles. The maximum Gasteiger partial charge on any atom is 0.129 e. The number of hydrogen-bond donors (Lipinski definition) is 1. The lowest BCUT2D eigenvalue weighted by atomic mass is 10.1. The van der Waals surface area contributed by atoms with E-state index in [1.54, 1.807) is 0 Å². The molecule has 0 bridgehead atoms. The van der Waals surface area contributed by atoms with Crippen LogP contribution in [-0.2, 0) is 0 Å². The van der Waals surface area contributed by atoms with Gasteiger partial charge >= 0.3 is 0 Å². The van der Waals surface area contributed by atoms with Crippen LogP contribution in [0.4, 0.5) is 0 Å². The molecule has 1 fully saturated rings. The zero-order chi connectivity index (χ0) is 10.8. The van der Waals surface area contributed by atoms with Crippen LogP contribution in [-0.4, -0.2) is 26.8 Å². The monoisotopic (exact) mass is 208 g/mol. The van der Waals surface area contributed by atoms with Crippen LogP contribution >= 0.6 is 0 Å². The SMILES string of the molecule is Cc1nncn1C(C)CC1CCC(C)N1. The van der Waals surface area contributed by atoms with Crippen molar-refractivity contribution in [3.8, 4) is 0 Å². The van der Waals surface area contributed by atoms with Gasteiger partial charge in [-0.1, -0.05) is 0 Å². The third-order valence-electron chi connectivity index (χ3n) is 3.32. The molecule has 1 aliphatic heterocycles. The summed E-state index contributed by atoms with van der Waals surface area (Å²) in [6, 6.07) is 1.84. The average Bonchev–Trinajstić information content (AvgIpc) is 2.75. The molecule has 1 aromatic rings. The molecule has 84 valence electrons. The minimum absolute atomic E-state index is 0.489. The van der Waals surface area contributed by atoms with E-state index in [1.165, 1.54) is 19.3 Å². The van der Waals surface area contributed by atoms with Crippen molar-refractivity contribution in [2.45, 2.75) is 58.2 Å². The average molecular weight is 208 g/mol. The molecular weight excluding hydrogens is 188 g/mol. The lowest BCUT2D eigenvalue weighted by Gasteiger charge is -2.19. The Labute approximate surface area is 91.1 Å². The van der Waals surface area contributed by atoms with Crippen molar-refractivity contribution < 1.29 is 0 Å². The van der Waals surface area contributed by atoms with E-state index in [1.807, 2.05) is 13.3 Å². The normalized spacial score (nSPS) is 28.2. The number of rotatable bonds is 3. The molecular formula is C11H20N4. The van der Waals surface area contributed by atoms with Crippen molar-refractivity contribution in [1.82, 2.24) is 20.1 Å².